The Labute approximate surface area is 308 Å². The number of carbonyl (C=O) groups excluding carboxylic acids is 4. The number of phenolic OH excluding ortho intramolecular Hbond substituents is 1. The van der Waals surface area contributed by atoms with Crippen LogP contribution in [0.5, 0.6) is 17.2 Å². The van der Waals surface area contributed by atoms with Gasteiger partial charge in [-0.1, -0.05) is 54.1 Å². The maximum Gasteiger partial charge on any atom is 0.258 e. The molecule has 3 aromatic carbocycles. The highest BCUT2D eigenvalue weighted by Crippen LogP contribution is 2.64. The van der Waals surface area contributed by atoms with Gasteiger partial charge in [-0.2, -0.15) is 0 Å². The number of carbonyl (C=O) groups is 4. The largest absolute Gasteiger partial charge is 0.502 e. The number of ether oxygens (including phenoxy) is 2. The van der Waals surface area contributed by atoms with Gasteiger partial charge in [0.1, 0.15) is 5.69 Å². The number of rotatable bonds is 7. The third-order valence-corrected chi connectivity index (χ3v) is 12.0. The second-order valence-electron chi connectivity index (χ2n) is 13.1. The average molecular weight is 778 g/mol. The molecule has 3 fully saturated rings. The molecule has 0 radical (unpaired) electrons. The Morgan fingerprint density at radius 2 is 1.43 bits per heavy atom. The van der Waals surface area contributed by atoms with E-state index in [0.717, 1.165) is 4.90 Å². The molecule has 4 amide bonds. The van der Waals surface area contributed by atoms with Crippen LogP contribution >= 0.6 is 23.2 Å². The second kappa shape index (κ2) is 12.9. The molecule has 2 aliphatic heterocycles. The van der Waals surface area contributed by atoms with E-state index in [1.165, 1.54) is 38.5 Å². The fraction of sp³-hybridized carbons (Fsp3) is 0.297. The van der Waals surface area contributed by atoms with E-state index in [9.17, 15) is 37.5 Å². The van der Waals surface area contributed by atoms with Crippen LogP contribution in [0.4, 0.5) is 27.6 Å². The van der Waals surface area contributed by atoms with Gasteiger partial charge in [0.2, 0.25) is 23.4 Å². The number of fused-ring (bicyclic) bond motifs is 4. The average Bonchev–Trinajstić information content (AvgIpc) is 3.47. The number of imide groups is 2. The van der Waals surface area contributed by atoms with E-state index >= 15 is 8.78 Å². The van der Waals surface area contributed by atoms with Gasteiger partial charge in [-0.05, 0) is 42.0 Å². The standard InChI is InChI=1S/C37H27Cl2F5N2O7/c1-52-22-12-17(13-23(53-2)31(22)47)8-11-21-18-9-10-19-24(33(49)45(32(19)48)15-16-6-4-3-5-7-16)20(18)14-36(38)34(50)46(35(51)37(21,36)39)30-28(43)26(41)25(40)27(42)29(30)44/h3-9,11-13,19-21,24,47H,10,14-15H2,1-2H3. The summed E-state index contributed by atoms with van der Waals surface area (Å²) in [6.07, 6.45) is 3.71. The van der Waals surface area contributed by atoms with Crippen molar-refractivity contribution in [3.05, 3.63) is 100 Å². The van der Waals surface area contributed by atoms with Gasteiger partial charge >= 0.3 is 0 Å². The molecule has 2 heterocycles. The van der Waals surface area contributed by atoms with Crippen LogP contribution in [0, 0.1) is 52.8 Å². The molecule has 2 aliphatic carbocycles. The Morgan fingerprint density at radius 3 is 2.02 bits per heavy atom. The third-order valence-electron chi connectivity index (χ3n) is 10.5. The summed E-state index contributed by atoms with van der Waals surface area (Å²) in [4.78, 5) is 52.0. The lowest BCUT2D eigenvalue weighted by Crippen LogP contribution is -2.60. The molecule has 7 rings (SSSR count). The predicted octanol–water partition coefficient (Wildman–Crippen LogP) is 6.41. The van der Waals surface area contributed by atoms with Crippen LogP contribution in [0.2, 0.25) is 0 Å². The summed E-state index contributed by atoms with van der Waals surface area (Å²) in [6.45, 7) is -0.0572. The number of likely N-dealkylation sites (tertiary alicyclic amines) is 1. The highest BCUT2D eigenvalue weighted by atomic mass is 35.5. The van der Waals surface area contributed by atoms with Crippen molar-refractivity contribution in [3.63, 3.8) is 0 Å². The summed E-state index contributed by atoms with van der Waals surface area (Å²) >= 11 is 14.2. The van der Waals surface area contributed by atoms with Crippen molar-refractivity contribution >= 4 is 58.6 Å². The Kier molecular flexibility index (Phi) is 8.84. The van der Waals surface area contributed by atoms with E-state index in [2.05, 4.69) is 0 Å². The van der Waals surface area contributed by atoms with E-state index in [-0.39, 0.29) is 40.7 Å². The summed E-state index contributed by atoms with van der Waals surface area (Å²) in [5.74, 6) is -21.5. The monoisotopic (exact) mass is 776 g/mol. The lowest BCUT2D eigenvalue weighted by molar-refractivity contribution is -0.141. The maximum absolute atomic E-state index is 15.2. The first-order chi connectivity index (χ1) is 25.1. The molecule has 1 N–H and O–H groups in total. The van der Waals surface area contributed by atoms with E-state index in [1.807, 2.05) is 0 Å². The number of halogens is 7. The SMILES string of the molecule is COc1cc(C=CC2C3=CCC4C(=O)N(Cc5ccccc5)C(=O)C4C3CC3(Cl)C(=O)N(c4c(F)c(F)c(F)c(F)c4F)C(=O)C23Cl)cc(OC)c1O. The molecule has 6 unspecified atom stereocenters. The van der Waals surface area contributed by atoms with Gasteiger partial charge in [0, 0.05) is 5.92 Å². The van der Waals surface area contributed by atoms with E-state index in [1.54, 1.807) is 36.4 Å². The zero-order valence-electron chi connectivity index (χ0n) is 27.6. The third kappa shape index (κ3) is 5.08. The molecular formula is C37H27Cl2F5N2O7. The molecule has 0 spiro atoms. The number of anilines is 1. The Balaban J connectivity index is 1.39. The molecule has 4 aliphatic rings. The van der Waals surface area contributed by atoms with Gasteiger partial charge in [-0.25, -0.2) is 26.9 Å². The number of alkyl halides is 2. The van der Waals surface area contributed by atoms with Gasteiger partial charge in [-0.15, -0.1) is 23.2 Å². The lowest BCUT2D eigenvalue weighted by Gasteiger charge is -2.49. The second-order valence-corrected chi connectivity index (χ2v) is 14.4. The van der Waals surface area contributed by atoms with Gasteiger partial charge < -0.3 is 14.6 Å². The van der Waals surface area contributed by atoms with E-state index in [0.29, 0.717) is 11.1 Å². The van der Waals surface area contributed by atoms with Gasteiger partial charge in [0.25, 0.3) is 11.8 Å². The molecule has 1 saturated carbocycles. The van der Waals surface area contributed by atoms with Crippen LogP contribution in [0.1, 0.15) is 24.0 Å². The number of hydrogen-bond donors (Lipinski definition) is 1. The predicted molar refractivity (Wildman–Crippen MR) is 179 cm³/mol. The summed E-state index contributed by atoms with van der Waals surface area (Å²) in [5.41, 5.74) is -0.621. The maximum atomic E-state index is 15.2. The number of methoxy groups -OCH3 is 2. The first kappa shape index (κ1) is 36.4. The molecule has 16 heteroatoms. The van der Waals surface area contributed by atoms with Gasteiger partial charge in [0.05, 0.1) is 32.6 Å². The zero-order chi connectivity index (χ0) is 38.3. The molecule has 276 valence electrons. The minimum Gasteiger partial charge on any atom is -0.502 e. The van der Waals surface area contributed by atoms with Crippen molar-refractivity contribution in [2.75, 3.05) is 19.1 Å². The fourth-order valence-electron chi connectivity index (χ4n) is 8.02. The van der Waals surface area contributed by atoms with E-state index < -0.39 is 98.2 Å². The number of amides is 4. The number of nitrogens with zero attached hydrogens (tertiary/aromatic N) is 2. The van der Waals surface area contributed by atoms with Gasteiger partial charge in [0.15, 0.2) is 44.5 Å². The lowest BCUT2D eigenvalue weighted by atomic mass is 9.57. The summed E-state index contributed by atoms with van der Waals surface area (Å²) in [7, 11) is 2.56. The molecule has 53 heavy (non-hydrogen) atoms. The molecule has 6 atom stereocenters. The molecule has 0 bridgehead atoms. The minimum atomic E-state index is -2.67. The fourth-order valence-corrected chi connectivity index (χ4v) is 8.91. The molecule has 0 aromatic heterocycles. The highest BCUT2D eigenvalue weighted by molar-refractivity contribution is 6.58. The zero-order valence-corrected chi connectivity index (χ0v) is 29.2. The van der Waals surface area contributed by atoms with Crippen LogP contribution in [-0.4, -0.2) is 57.6 Å². The summed E-state index contributed by atoms with van der Waals surface area (Å²) in [6, 6.07) is 11.5. The summed E-state index contributed by atoms with van der Waals surface area (Å²) < 4.78 is 83.9. The van der Waals surface area contributed by atoms with Gasteiger partial charge in [-0.3, -0.25) is 24.1 Å². The van der Waals surface area contributed by atoms with Crippen molar-refractivity contribution in [2.24, 2.45) is 23.7 Å². The Bertz CT molecular complexity index is 2130. The van der Waals surface area contributed by atoms with Crippen molar-refractivity contribution < 1.29 is 55.7 Å². The number of benzene rings is 3. The normalized spacial score (nSPS) is 28.0. The molecule has 3 aromatic rings. The topological polar surface area (TPSA) is 113 Å². The van der Waals surface area contributed by atoms with Crippen LogP contribution in [0.15, 0.2) is 60.2 Å². The molecular weight excluding hydrogens is 750 g/mol. The van der Waals surface area contributed by atoms with Crippen molar-refractivity contribution in [1.82, 2.24) is 4.90 Å². The first-order valence-corrected chi connectivity index (χ1v) is 16.9. The van der Waals surface area contributed by atoms with E-state index in [4.69, 9.17) is 32.7 Å². The van der Waals surface area contributed by atoms with Crippen LogP contribution in [0.3, 0.4) is 0 Å². The quantitative estimate of drug-likeness (QED) is 0.0737. The van der Waals surface area contributed by atoms with Crippen LogP contribution in [0.25, 0.3) is 6.08 Å². The van der Waals surface area contributed by atoms with Crippen LogP contribution in [-0.2, 0) is 25.7 Å². The van der Waals surface area contributed by atoms with Crippen LogP contribution < -0.4 is 14.4 Å². The summed E-state index contributed by atoms with van der Waals surface area (Å²) in [5, 5.41) is 10.4. The van der Waals surface area contributed by atoms with Crippen molar-refractivity contribution in [1.29, 1.82) is 0 Å². The van der Waals surface area contributed by atoms with Crippen molar-refractivity contribution in [2.45, 2.75) is 29.1 Å². The smallest absolute Gasteiger partial charge is 0.258 e. The number of allylic oxidation sites excluding steroid dienone is 3. The molecule has 2 saturated heterocycles. The minimum absolute atomic E-state index is 0.00328. The highest BCUT2D eigenvalue weighted by Gasteiger charge is 2.76. The number of hydrogen-bond acceptors (Lipinski definition) is 7. The Hall–Kier alpha value is -4.95. The molecule has 9 nitrogen and oxygen atoms in total. The Morgan fingerprint density at radius 1 is 0.849 bits per heavy atom. The first-order valence-electron chi connectivity index (χ1n) is 16.1. The number of phenols is 1. The number of aromatic hydroxyl groups is 1. The van der Waals surface area contributed by atoms with Crippen molar-refractivity contribution in [3.8, 4) is 17.2 Å².